The highest BCUT2D eigenvalue weighted by molar-refractivity contribution is 6.30. The van der Waals surface area contributed by atoms with Crippen molar-refractivity contribution < 1.29 is 4.79 Å². The van der Waals surface area contributed by atoms with Gasteiger partial charge in [-0.25, -0.2) is 4.68 Å². The minimum Gasteiger partial charge on any atom is -0.298 e. The van der Waals surface area contributed by atoms with E-state index in [9.17, 15) is 4.79 Å². The van der Waals surface area contributed by atoms with Crippen molar-refractivity contribution in [1.82, 2.24) is 9.78 Å². The molecule has 0 N–H and O–H groups in total. The molecule has 0 bridgehead atoms. The zero-order valence-corrected chi connectivity index (χ0v) is 11.2. The predicted molar refractivity (Wildman–Crippen MR) is 72.7 cm³/mol. The summed E-state index contributed by atoms with van der Waals surface area (Å²) in [6.45, 7) is 4.13. The van der Waals surface area contributed by atoms with Crippen LogP contribution in [-0.2, 0) is 12.8 Å². The number of nitrogens with zero attached hydrogens (tertiary/aromatic N) is 2. The van der Waals surface area contributed by atoms with Crippen molar-refractivity contribution in [2.45, 2.75) is 26.7 Å². The second-order valence-corrected chi connectivity index (χ2v) is 4.50. The molecule has 0 unspecified atom stereocenters. The van der Waals surface area contributed by atoms with Crippen LogP contribution in [0.25, 0.3) is 5.69 Å². The van der Waals surface area contributed by atoms with Crippen molar-refractivity contribution in [1.29, 1.82) is 0 Å². The fourth-order valence-corrected chi connectivity index (χ4v) is 2.07. The van der Waals surface area contributed by atoms with Crippen LogP contribution in [-0.4, -0.2) is 16.1 Å². The van der Waals surface area contributed by atoms with Gasteiger partial charge in [0.05, 0.1) is 11.4 Å². The summed E-state index contributed by atoms with van der Waals surface area (Å²) in [6, 6.07) is 7.27. The number of aromatic nitrogens is 2. The first-order valence-corrected chi connectivity index (χ1v) is 6.40. The molecule has 94 valence electrons. The molecule has 0 saturated heterocycles. The summed E-state index contributed by atoms with van der Waals surface area (Å²) in [6.07, 6.45) is 2.56. The van der Waals surface area contributed by atoms with Gasteiger partial charge < -0.3 is 0 Å². The van der Waals surface area contributed by atoms with Crippen LogP contribution in [0, 0.1) is 0 Å². The Balaban J connectivity index is 2.63. The number of aldehydes is 1. The molecule has 1 aromatic heterocycles. The normalized spacial score (nSPS) is 10.6. The van der Waals surface area contributed by atoms with Gasteiger partial charge in [-0.05, 0) is 37.1 Å². The third-order valence-corrected chi connectivity index (χ3v) is 3.14. The van der Waals surface area contributed by atoms with Crippen molar-refractivity contribution in [3.05, 3.63) is 46.2 Å². The van der Waals surface area contributed by atoms with Crippen LogP contribution >= 0.6 is 11.6 Å². The lowest BCUT2D eigenvalue weighted by molar-refractivity contribution is 0.112. The van der Waals surface area contributed by atoms with Crippen LogP contribution in [0.4, 0.5) is 0 Å². The first kappa shape index (κ1) is 12.8. The number of benzene rings is 1. The molecule has 0 atom stereocenters. The summed E-state index contributed by atoms with van der Waals surface area (Å²) in [7, 11) is 0. The lowest BCUT2D eigenvalue weighted by Gasteiger charge is -2.08. The number of carbonyl (C=O) groups excluding carboxylic acids is 1. The van der Waals surface area contributed by atoms with Crippen LogP contribution in [0.3, 0.4) is 0 Å². The van der Waals surface area contributed by atoms with Crippen molar-refractivity contribution in [2.24, 2.45) is 0 Å². The predicted octanol–water partition coefficient (Wildman–Crippen LogP) is 3.46. The Hall–Kier alpha value is -1.61. The highest BCUT2D eigenvalue weighted by atomic mass is 35.5. The molecule has 1 heterocycles. The van der Waals surface area contributed by atoms with Gasteiger partial charge in [0, 0.05) is 16.3 Å². The molecule has 2 aromatic rings. The van der Waals surface area contributed by atoms with E-state index < -0.39 is 0 Å². The summed E-state index contributed by atoms with van der Waals surface area (Å²) >= 11 is 6.00. The Morgan fingerprint density at radius 1 is 1.28 bits per heavy atom. The van der Waals surface area contributed by atoms with E-state index in [1.54, 1.807) is 18.2 Å². The lowest BCUT2D eigenvalue weighted by Crippen LogP contribution is -2.05. The lowest BCUT2D eigenvalue weighted by atomic mass is 10.2. The standard InChI is InChI=1S/C14H15ClN2O/c1-3-12-8-13(4-2)17(16-12)14-7-11(15)6-5-10(14)9-18/h5-9H,3-4H2,1-2H3. The van der Waals surface area contributed by atoms with Crippen LogP contribution in [0.2, 0.25) is 5.02 Å². The Labute approximate surface area is 111 Å². The van der Waals surface area contributed by atoms with Crippen molar-refractivity contribution >= 4 is 17.9 Å². The molecule has 0 saturated carbocycles. The van der Waals surface area contributed by atoms with Crippen LogP contribution in [0.15, 0.2) is 24.3 Å². The maximum absolute atomic E-state index is 11.1. The highest BCUT2D eigenvalue weighted by Crippen LogP contribution is 2.21. The summed E-state index contributed by atoms with van der Waals surface area (Å²) in [5.41, 5.74) is 3.44. The third-order valence-electron chi connectivity index (χ3n) is 2.91. The molecular weight excluding hydrogens is 248 g/mol. The van der Waals surface area contributed by atoms with E-state index in [2.05, 4.69) is 25.0 Å². The molecule has 0 fully saturated rings. The number of halogens is 1. The fourth-order valence-electron chi connectivity index (χ4n) is 1.91. The van der Waals surface area contributed by atoms with Gasteiger partial charge >= 0.3 is 0 Å². The highest BCUT2D eigenvalue weighted by Gasteiger charge is 2.11. The third kappa shape index (κ3) is 2.31. The Bertz CT molecular complexity index is 575. The minimum absolute atomic E-state index is 0.597. The number of carbonyl (C=O) groups is 1. The molecule has 0 aliphatic rings. The Morgan fingerprint density at radius 3 is 2.67 bits per heavy atom. The fraction of sp³-hybridized carbons (Fsp3) is 0.286. The molecule has 0 radical (unpaired) electrons. The zero-order chi connectivity index (χ0) is 13.1. The topological polar surface area (TPSA) is 34.9 Å². The number of hydrogen-bond acceptors (Lipinski definition) is 2. The molecule has 0 amide bonds. The molecule has 2 rings (SSSR count). The van der Waals surface area contributed by atoms with Crippen LogP contribution in [0.1, 0.15) is 35.6 Å². The van der Waals surface area contributed by atoms with E-state index >= 15 is 0 Å². The van der Waals surface area contributed by atoms with Gasteiger partial charge in [-0.1, -0.05) is 25.4 Å². The number of aryl methyl sites for hydroxylation is 2. The molecule has 0 spiro atoms. The van der Waals surface area contributed by atoms with Gasteiger partial charge in [0.15, 0.2) is 6.29 Å². The van der Waals surface area contributed by atoms with Crippen LogP contribution < -0.4 is 0 Å². The van der Waals surface area contributed by atoms with E-state index in [-0.39, 0.29) is 0 Å². The van der Waals surface area contributed by atoms with E-state index in [0.717, 1.165) is 36.2 Å². The van der Waals surface area contributed by atoms with Gasteiger partial charge in [-0.2, -0.15) is 5.10 Å². The van der Waals surface area contributed by atoms with Crippen molar-refractivity contribution in [3.63, 3.8) is 0 Å². The number of hydrogen-bond donors (Lipinski definition) is 0. The second kappa shape index (κ2) is 5.36. The van der Waals surface area contributed by atoms with Gasteiger partial charge in [0.25, 0.3) is 0 Å². The summed E-state index contributed by atoms with van der Waals surface area (Å²) in [5.74, 6) is 0. The molecule has 0 aliphatic carbocycles. The average Bonchev–Trinajstić information content (AvgIpc) is 2.81. The van der Waals surface area contributed by atoms with Gasteiger partial charge in [0.2, 0.25) is 0 Å². The Kier molecular flexibility index (Phi) is 3.82. The smallest absolute Gasteiger partial charge is 0.152 e. The average molecular weight is 263 g/mol. The summed E-state index contributed by atoms with van der Waals surface area (Å²) < 4.78 is 1.81. The maximum Gasteiger partial charge on any atom is 0.152 e. The van der Waals surface area contributed by atoms with E-state index in [1.165, 1.54) is 0 Å². The van der Waals surface area contributed by atoms with Crippen molar-refractivity contribution in [2.75, 3.05) is 0 Å². The van der Waals surface area contributed by atoms with Crippen LogP contribution in [0.5, 0.6) is 0 Å². The minimum atomic E-state index is 0.597. The SMILES string of the molecule is CCc1cc(CC)n(-c2cc(Cl)ccc2C=O)n1. The number of rotatable bonds is 4. The second-order valence-electron chi connectivity index (χ2n) is 4.07. The molecular formula is C14H15ClN2O. The quantitative estimate of drug-likeness (QED) is 0.791. The van der Waals surface area contributed by atoms with E-state index in [4.69, 9.17) is 11.6 Å². The largest absolute Gasteiger partial charge is 0.298 e. The zero-order valence-electron chi connectivity index (χ0n) is 10.5. The van der Waals surface area contributed by atoms with Gasteiger partial charge in [-0.3, -0.25) is 4.79 Å². The van der Waals surface area contributed by atoms with E-state index in [1.807, 2.05) is 4.68 Å². The van der Waals surface area contributed by atoms with Gasteiger partial charge in [0.1, 0.15) is 0 Å². The first-order chi connectivity index (χ1) is 8.69. The van der Waals surface area contributed by atoms with E-state index in [0.29, 0.717) is 10.6 Å². The monoisotopic (exact) mass is 262 g/mol. The summed E-state index contributed by atoms with van der Waals surface area (Å²) in [4.78, 5) is 11.1. The molecule has 4 heteroatoms. The molecule has 18 heavy (non-hydrogen) atoms. The summed E-state index contributed by atoms with van der Waals surface area (Å²) in [5, 5.41) is 5.12. The Morgan fingerprint density at radius 2 is 2.06 bits per heavy atom. The molecule has 1 aromatic carbocycles. The first-order valence-electron chi connectivity index (χ1n) is 6.02. The molecule has 3 nitrogen and oxygen atoms in total. The van der Waals surface area contributed by atoms with Gasteiger partial charge in [-0.15, -0.1) is 0 Å². The molecule has 0 aliphatic heterocycles. The maximum atomic E-state index is 11.1. The van der Waals surface area contributed by atoms with Crippen molar-refractivity contribution in [3.8, 4) is 5.69 Å².